The van der Waals surface area contributed by atoms with E-state index in [4.69, 9.17) is 21.3 Å². The van der Waals surface area contributed by atoms with Crippen LogP contribution in [0.4, 0.5) is 5.69 Å². The lowest BCUT2D eigenvalue weighted by atomic mass is 10.2. The van der Waals surface area contributed by atoms with Gasteiger partial charge in [-0.3, -0.25) is 4.79 Å². The molecule has 0 spiro atoms. The van der Waals surface area contributed by atoms with E-state index < -0.39 is 5.91 Å². The largest absolute Gasteiger partial charge is 0.465 e. The van der Waals surface area contributed by atoms with Gasteiger partial charge in [-0.25, -0.2) is 0 Å². The first-order valence-electron chi connectivity index (χ1n) is 5.41. The van der Waals surface area contributed by atoms with Crippen LogP contribution in [0.15, 0.2) is 52.7 Å². The average Bonchev–Trinajstić information content (AvgIpc) is 2.91. The summed E-state index contributed by atoms with van der Waals surface area (Å²) in [6.07, 6.45) is 2.85. The molecule has 1 heterocycles. The van der Waals surface area contributed by atoms with E-state index >= 15 is 0 Å². The van der Waals surface area contributed by atoms with Crippen LogP contribution in [-0.4, -0.2) is 5.91 Å². The van der Waals surface area contributed by atoms with Crippen LogP contribution in [-0.2, 0) is 4.79 Å². The molecule has 0 saturated carbocycles. The first-order chi connectivity index (χ1) is 9.19. The minimum Gasteiger partial charge on any atom is -0.465 e. The molecule has 1 aromatic heterocycles. The van der Waals surface area contributed by atoms with E-state index in [2.05, 4.69) is 5.32 Å². The van der Waals surface area contributed by atoms with Crippen LogP contribution >= 0.6 is 11.6 Å². The van der Waals surface area contributed by atoms with Crippen molar-refractivity contribution < 1.29 is 9.21 Å². The number of hydrogen-bond donors (Lipinski definition) is 1. The molecule has 1 aromatic carbocycles. The van der Waals surface area contributed by atoms with Gasteiger partial charge in [-0.1, -0.05) is 11.6 Å². The maximum atomic E-state index is 11.9. The van der Waals surface area contributed by atoms with Gasteiger partial charge in [-0.2, -0.15) is 5.26 Å². The SMILES string of the molecule is N#C/C(=C/c1ccco1)C(=O)Nc1ccc(Cl)cc1. The molecule has 0 aliphatic rings. The second-order valence-electron chi connectivity index (χ2n) is 3.65. The topological polar surface area (TPSA) is 66.0 Å². The Bertz CT molecular complexity index is 637. The third-order valence-electron chi connectivity index (χ3n) is 2.30. The van der Waals surface area contributed by atoms with E-state index in [0.717, 1.165) is 0 Å². The molecule has 0 bridgehead atoms. The van der Waals surface area contributed by atoms with Crippen molar-refractivity contribution in [2.75, 3.05) is 5.32 Å². The molecule has 0 aliphatic heterocycles. The molecule has 19 heavy (non-hydrogen) atoms. The maximum Gasteiger partial charge on any atom is 0.266 e. The highest BCUT2D eigenvalue weighted by Gasteiger charge is 2.10. The molecule has 1 N–H and O–H groups in total. The molecule has 0 fully saturated rings. The number of nitrogens with zero attached hydrogens (tertiary/aromatic N) is 1. The molecule has 0 radical (unpaired) electrons. The predicted octanol–water partition coefficient (Wildman–Crippen LogP) is 3.48. The predicted molar refractivity (Wildman–Crippen MR) is 72.4 cm³/mol. The van der Waals surface area contributed by atoms with Gasteiger partial charge in [0.05, 0.1) is 6.26 Å². The van der Waals surface area contributed by atoms with Gasteiger partial charge in [0.1, 0.15) is 17.4 Å². The number of carbonyl (C=O) groups is 1. The van der Waals surface area contributed by atoms with Crippen molar-refractivity contribution in [2.24, 2.45) is 0 Å². The summed E-state index contributed by atoms with van der Waals surface area (Å²) in [7, 11) is 0. The maximum absolute atomic E-state index is 11.9. The summed E-state index contributed by atoms with van der Waals surface area (Å²) in [6, 6.07) is 11.8. The number of nitriles is 1. The van der Waals surface area contributed by atoms with E-state index in [1.54, 1.807) is 36.4 Å². The van der Waals surface area contributed by atoms with Crippen molar-refractivity contribution >= 4 is 29.3 Å². The summed E-state index contributed by atoms with van der Waals surface area (Å²) >= 11 is 5.74. The molecule has 2 rings (SSSR count). The lowest BCUT2D eigenvalue weighted by Crippen LogP contribution is -2.13. The molecule has 0 saturated heterocycles. The lowest BCUT2D eigenvalue weighted by Gasteiger charge is -2.03. The average molecular weight is 273 g/mol. The van der Waals surface area contributed by atoms with Gasteiger partial charge in [0.15, 0.2) is 0 Å². The number of carbonyl (C=O) groups excluding carboxylic acids is 1. The summed E-state index contributed by atoms with van der Waals surface area (Å²) in [5.41, 5.74) is 0.528. The molecule has 1 amide bonds. The minimum absolute atomic E-state index is 0.0371. The minimum atomic E-state index is -0.499. The van der Waals surface area contributed by atoms with Crippen LogP contribution in [0.25, 0.3) is 6.08 Å². The van der Waals surface area contributed by atoms with Gasteiger partial charge in [0, 0.05) is 16.8 Å². The van der Waals surface area contributed by atoms with E-state index in [0.29, 0.717) is 16.5 Å². The normalized spacial score (nSPS) is 10.8. The van der Waals surface area contributed by atoms with Crippen LogP contribution < -0.4 is 5.32 Å². The number of rotatable bonds is 3. The molecular formula is C14H9ClN2O2. The van der Waals surface area contributed by atoms with Gasteiger partial charge >= 0.3 is 0 Å². The molecule has 0 atom stereocenters. The fourth-order valence-corrected chi connectivity index (χ4v) is 1.52. The molecule has 2 aromatic rings. The molecule has 4 nitrogen and oxygen atoms in total. The molecule has 0 unspecified atom stereocenters. The number of hydrogen-bond acceptors (Lipinski definition) is 3. The van der Waals surface area contributed by atoms with Crippen LogP contribution in [0.3, 0.4) is 0 Å². The summed E-state index contributed by atoms with van der Waals surface area (Å²) < 4.78 is 5.06. The number of halogens is 1. The Kier molecular flexibility index (Phi) is 4.01. The van der Waals surface area contributed by atoms with E-state index in [9.17, 15) is 4.79 Å². The van der Waals surface area contributed by atoms with Crippen LogP contribution in [0, 0.1) is 11.3 Å². The van der Waals surface area contributed by atoms with Crippen molar-refractivity contribution in [1.29, 1.82) is 5.26 Å². The Hall–Kier alpha value is -2.51. The van der Waals surface area contributed by atoms with Crippen LogP contribution in [0.2, 0.25) is 5.02 Å². The van der Waals surface area contributed by atoms with Crippen LogP contribution in [0.1, 0.15) is 5.76 Å². The fourth-order valence-electron chi connectivity index (χ4n) is 1.40. The highest BCUT2D eigenvalue weighted by atomic mass is 35.5. The van der Waals surface area contributed by atoms with Crippen molar-refractivity contribution in [3.63, 3.8) is 0 Å². The van der Waals surface area contributed by atoms with E-state index in [1.807, 2.05) is 6.07 Å². The van der Waals surface area contributed by atoms with Crippen molar-refractivity contribution in [1.82, 2.24) is 0 Å². The summed E-state index contributed by atoms with van der Waals surface area (Å²) in [5.74, 6) is -0.0518. The third kappa shape index (κ3) is 3.47. The summed E-state index contributed by atoms with van der Waals surface area (Å²) in [6.45, 7) is 0. The number of benzene rings is 1. The Morgan fingerprint density at radius 1 is 1.32 bits per heavy atom. The zero-order valence-corrected chi connectivity index (χ0v) is 10.5. The van der Waals surface area contributed by atoms with Crippen LogP contribution in [0.5, 0.6) is 0 Å². The number of nitrogens with one attached hydrogen (secondary N) is 1. The first-order valence-corrected chi connectivity index (χ1v) is 5.79. The van der Waals surface area contributed by atoms with Gasteiger partial charge in [-0.05, 0) is 36.4 Å². The zero-order valence-electron chi connectivity index (χ0n) is 9.76. The highest BCUT2D eigenvalue weighted by molar-refractivity contribution is 6.30. The van der Waals surface area contributed by atoms with Gasteiger partial charge in [0.2, 0.25) is 0 Å². The zero-order chi connectivity index (χ0) is 13.7. The second-order valence-corrected chi connectivity index (χ2v) is 4.08. The van der Waals surface area contributed by atoms with E-state index in [-0.39, 0.29) is 5.57 Å². The Morgan fingerprint density at radius 3 is 2.63 bits per heavy atom. The van der Waals surface area contributed by atoms with E-state index in [1.165, 1.54) is 12.3 Å². The van der Waals surface area contributed by atoms with Gasteiger partial charge in [0.25, 0.3) is 5.91 Å². The van der Waals surface area contributed by atoms with Crippen molar-refractivity contribution in [3.05, 3.63) is 59.0 Å². The summed E-state index contributed by atoms with van der Waals surface area (Å²) in [5, 5.41) is 12.2. The van der Waals surface area contributed by atoms with Crippen molar-refractivity contribution in [3.8, 4) is 6.07 Å². The Balaban J connectivity index is 2.14. The molecular weight excluding hydrogens is 264 g/mol. The molecule has 0 aliphatic carbocycles. The monoisotopic (exact) mass is 272 g/mol. The Labute approximate surface area is 114 Å². The molecule has 5 heteroatoms. The second kappa shape index (κ2) is 5.89. The van der Waals surface area contributed by atoms with Gasteiger partial charge in [-0.15, -0.1) is 0 Å². The third-order valence-corrected chi connectivity index (χ3v) is 2.55. The smallest absolute Gasteiger partial charge is 0.266 e. The highest BCUT2D eigenvalue weighted by Crippen LogP contribution is 2.15. The van der Waals surface area contributed by atoms with Gasteiger partial charge < -0.3 is 9.73 Å². The number of amides is 1. The molecule has 94 valence electrons. The lowest BCUT2D eigenvalue weighted by molar-refractivity contribution is -0.112. The number of anilines is 1. The quantitative estimate of drug-likeness (QED) is 0.687. The summed E-state index contributed by atoms with van der Waals surface area (Å²) in [4.78, 5) is 11.9. The first kappa shape index (κ1) is 12.9. The fraction of sp³-hybridized carbons (Fsp3) is 0. The standard InChI is InChI=1S/C14H9ClN2O2/c15-11-3-5-12(6-4-11)17-14(18)10(9-16)8-13-2-1-7-19-13/h1-8H,(H,17,18)/b10-8-. The number of furan rings is 1. The van der Waals surface area contributed by atoms with Crippen molar-refractivity contribution in [2.45, 2.75) is 0 Å². The Morgan fingerprint density at radius 2 is 2.05 bits per heavy atom.